The van der Waals surface area contributed by atoms with E-state index in [0.29, 0.717) is 5.75 Å². The molecule has 4 heteroatoms. The fourth-order valence-electron chi connectivity index (χ4n) is 0.943. The lowest BCUT2D eigenvalue weighted by Gasteiger charge is -2.08. The van der Waals surface area contributed by atoms with Gasteiger partial charge in [0, 0.05) is 0 Å². The van der Waals surface area contributed by atoms with Gasteiger partial charge in [0.2, 0.25) is 0 Å². The van der Waals surface area contributed by atoms with Crippen molar-refractivity contribution in [3.8, 4) is 5.75 Å². The van der Waals surface area contributed by atoms with Crippen LogP contribution < -0.4 is 10.5 Å². The highest BCUT2D eigenvalue weighted by molar-refractivity contribution is 9.10. The number of benzene rings is 1. The van der Waals surface area contributed by atoms with Crippen molar-refractivity contribution >= 4 is 21.8 Å². The Balaban J connectivity index is 2.81. The van der Waals surface area contributed by atoms with Gasteiger partial charge in [-0.15, -0.1) is 0 Å². The zero-order valence-corrected chi connectivity index (χ0v) is 8.80. The molecule has 1 aromatic carbocycles. The largest absolute Gasteiger partial charge is 0.482 e. The summed E-state index contributed by atoms with van der Waals surface area (Å²) in [4.78, 5) is 10.5. The number of carbonyl (C=O) groups excluding carboxylic acids is 1. The van der Waals surface area contributed by atoms with Crippen molar-refractivity contribution in [1.29, 1.82) is 0 Å². The van der Waals surface area contributed by atoms with E-state index in [1.165, 1.54) is 0 Å². The molecule has 13 heavy (non-hydrogen) atoms. The third kappa shape index (κ3) is 2.73. The predicted molar refractivity (Wildman–Crippen MR) is 53.6 cm³/mol. The second-order valence-electron chi connectivity index (χ2n) is 2.64. The maximum Gasteiger partial charge on any atom is 0.255 e. The van der Waals surface area contributed by atoms with Crippen molar-refractivity contribution in [2.45, 2.75) is 6.92 Å². The molecule has 0 spiro atoms. The van der Waals surface area contributed by atoms with Crippen LogP contribution in [0.3, 0.4) is 0 Å². The number of hydrogen-bond donors (Lipinski definition) is 1. The first-order chi connectivity index (χ1) is 6.11. The van der Waals surface area contributed by atoms with Crippen LogP contribution in [0.5, 0.6) is 5.75 Å². The summed E-state index contributed by atoms with van der Waals surface area (Å²) in [5.41, 5.74) is 5.93. The number of para-hydroxylation sites is 1. The number of ether oxygens (including phenoxy) is 1. The SMILES string of the molecule is Cc1cccc(Br)c1OCC(N)=O. The fraction of sp³-hybridized carbons (Fsp3) is 0.222. The molecular weight excluding hydrogens is 234 g/mol. The van der Waals surface area contributed by atoms with Gasteiger partial charge in [-0.2, -0.15) is 0 Å². The first-order valence-corrected chi connectivity index (χ1v) is 4.57. The third-order valence-electron chi connectivity index (χ3n) is 1.52. The summed E-state index contributed by atoms with van der Waals surface area (Å²) >= 11 is 3.32. The quantitative estimate of drug-likeness (QED) is 0.878. The van der Waals surface area contributed by atoms with E-state index in [0.717, 1.165) is 10.0 Å². The average molecular weight is 244 g/mol. The number of nitrogens with two attached hydrogens (primary N) is 1. The van der Waals surface area contributed by atoms with Crippen molar-refractivity contribution < 1.29 is 9.53 Å². The second-order valence-corrected chi connectivity index (χ2v) is 3.50. The third-order valence-corrected chi connectivity index (χ3v) is 2.15. The van der Waals surface area contributed by atoms with E-state index in [1.807, 2.05) is 25.1 Å². The summed E-state index contributed by atoms with van der Waals surface area (Å²) in [6, 6.07) is 5.65. The van der Waals surface area contributed by atoms with Crippen LogP contribution >= 0.6 is 15.9 Å². The Hall–Kier alpha value is -1.03. The zero-order chi connectivity index (χ0) is 9.84. The summed E-state index contributed by atoms with van der Waals surface area (Å²) in [5.74, 6) is 0.191. The van der Waals surface area contributed by atoms with E-state index in [2.05, 4.69) is 15.9 Å². The van der Waals surface area contributed by atoms with Gasteiger partial charge in [-0.1, -0.05) is 12.1 Å². The number of halogens is 1. The van der Waals surface area contributed by atoms with Gasteiger partial charge < -0.3 is 10.5 Å². The van der Waals surface area contributed by atoms with Gasteiger partial charge in [0.1, 0.15) is 5.75 Å². The van der Waals surface area contributed by atoms with Crippen molar-refractivity contribution in [2.24, 2.45) is 5.73 Å². The van der Waals surface area contributed by atoms with Crippen molar-refractivity contribution in [3.05, 3.63) is 28.2 Å². The first-order valence-electron chi connectivity index (χ1n) is 3.77. The lowest BCUT2D eigenvalue weighted by atomic mass is 10.2. The fourth-order valence-corrected chi connectivity index (χ4v) is 1.52. The topological polar surface area (TPSA) is 52.3 Å². The van der Waals surface area contributed by atoms with Crippen LogP contribution in [-0.4, -0.2) is 12.5 Å². The Morgan fingerprint density at radius 2 is 2.31 bits per heavy atom. The van der Waals surface area contributed by atoms with Crippen LogP contribution in [-0.2, 0) is 4.79 Å². The molecule has 3 nitrogen and oxygen atoms in total. The molecular formula is C9H10BrNO2. The molecule has 0 unspecified atom stereocenters. The molecule has 2 N–H and O–H groups in total. The minimum atomic E-state index is -0.477. The summed E-state index contributed by atoms with van der Waals surface area (Å²) in [7, 11) is 0. The van der Waals surface area contributed by atoms with E-state index in [4.69, 9.17) is 10.5 Å². The number of hydrogen-bond acceptors (Lipinski definition) is 2. The Labute approximate surface area is 85.0 Å². The summed E-state index contributed by atoms with van der Waals surface area (Å²) in [6.07, 6.45) is 0. The van der Waals surface area contributed by atoms with Gasteiger partial charge in [-0.05, 0) is 34.5 Å². The molecule has 0 atom stereocenters. The monoisotopic (exact) mass is 243 g/mol. The Morgan fingerprint density at radius 3 is 2.85 bits per heavy atom. The minimum absolute atomic E-state index is 0.0938. The second kappa shape index (κ2) is 4.28. The molecule has 0 radical (unpaired) electrons. The van der Waals surface area contributed by atoms with Crippen molar-refractivity contribution in [3.63, 3.8) is 0 Å². The number of aryl methyl sites for hydroxylation is 1. The molecule has 0 aliphatic carbocycles. The van der Waals surface area contributed by atoms with Gasteiger partial charge in [0.05, 0.1) is 4.47 Å². The molecule has 1 amide bonds. The van der Waals surface area contributed by atoms with Gasteiger partial charge >= 0.3 is 0 Å². The standard InChI is InChI=1S/C9H10BrNO2/c1-6-3-2-4-7(10)9(6)13-5-8(11)12/h2-4H,5H2,1H3,(H2,11,12). The molecule has 0 aliphatic rings. The zero-order valence-electron chi connectivity index (χ0n) is 7.21. The van der Waals surface area contributed by atoms with Crippen LogP contribution in [0.1, 0.15) is 5.56 Å². The van der Waals surface area contributed by atoms with Gasteiger partial charge in [-0.3, -0.25) is 4.79 Å². The highest BCUT2D eigenvalue weighted by Gasteiger charge is 2.05. The van der Waals surface area contributed by atoms with E-state index in [9.17, 15) is 4.79 Å². The first kappa shape index (κ1) is 10.1. The molecule has 70 valence electrons. The predicted octanol–water partition coefficient (Wildman–Crippen LogP) is 1.62. The smallest absolute Gasteiger partial charge is 0.255 e. The van der Waals surface area contributed by atoms with Crippen LogP contribution in [0.15, 0.2) is 22.7 Å². The molecule has 0 saturated carbocycles. The summed E-state index contributed by atoms with van der Waals surface area (Å²) < 4.78 is 6.04. The lowest BCUT2D eigenvalue weighted by Crippen LogP contribution is -2.20. The van der Waals surface area contributed by atoms with Crippen LogP contribution in [0, 0.1) is 6.92 Å². The van der Waals surface area contributed by atoms with E-state index >= 15 is 0 Å². The van der Waals surface area contributed by atoms with Gasteiger partial charge in [0.25, 0.3) is 5.91 Å². The molecule has 1 rings (SSSR count). The molecule has 0 fully saturated rings. The summed E-state index contributed by atoms with van der Waals surface area (Å²) in [6.45, 7) is 1.81. The molecule has 0 heterocycles. The number of amides is 1. The lowest BCUT2D eigenvalue weighted by molar-refractivity contribution is -0.119. The number of rotatable bonds is 3. The van der Waals surface area contributed by atoms with Crippen LogP contribution in [0.25, 0.3) is 0 Å². The highest BCUT2D eigenvalue weighted by atomic mass is 79.9. The summed E-state index contributed by atoms with van der Waals surface area (Å²) in [5, 5.41) is 0. The Bertz CT molecular complexity index is 305. The molecule has 0 saturated heterocycles. The Morgan fingerprint density at radius 1 is 1.62 bits per heavy atom. The van der Waals surface area contributed by atoms with E-state index in [-0.39, 0.29) is 6.61 Å². The van der Waals surface area contributed by atoms with Gasteiger partial charge in [0.15, 0.2) is 6.61 Å². The highest BCUT2D eigenvalue weighted by Crippen LogP contribution is 2.27. The maximum absolute atomic E-state index is 10.5. The van der Waals surface area contributed by atoms with Crippen molar-refractivity contribution in [2.75, 3.05) is 6.61 Å². The van der Waals surface area contributed by atoms with Crippen molar-refractivity contribution in [1.82, 2.24) is 0 Å². The number of primary amides is 1. The maximum atomic E-state index is 10.5. The van der Waals surface area contributed by atoms with Gasteiger partial charge in [-0.25, -0.2) is 0 Å². The normalized spacial score (nSPS) is 9.69. The molecule has 0 aromatic heterocycles. The molecule has 1 aromatic rings. The number of carbonyl (C=O) groups is 1. The van der Waals surface area contributed by atoms with Crippen LogP contribution in [0.2, 0.25) is 0 Å². The van der Waals surface area contributed by atoms with E-state index in [1.54, 1.807) is 0 Å². The average Bonchev–Trinajstić information content (AvgIpc) is 2.03. The minimum Gasteiger partial charge on any atom is -0.482 e. The van der Waals surface area contributed by atoms with E-state index < -0.39 is 5.91 Å². The van der Waals surface area contributed by atoms with Crippen LogP contribution in [0.4, 0.5) is 0 Å². The molecule has 0 bridgehead atoms. The molecule has 0 aliphatic heterocycles. The Kier molecular flexibility index (Phi) is 3.31.